The lowest BCUT2D eigenvalue weighted by Gasteiger charge is -2.27. The van der Waals surface area contributed by atoms with Crippen molar-refractivity contribution in [3.8, 4) is 0 Å². The molecule has 24 heavy (non-hydrogen) atoms. The standard InChI is InChI=1S/C15H19N3O4S2/c1-10(13-3-2-7-23-13)16-15(20)12-4-5-14(19)18(17-12)11-6-8-24(21,22)9-11/h2-3,7,10-11H,4-6,8-9H2,1H3,(H,16,20). The molecule has 3 heterocycles. The average Bonchev–Trinajstić information content (AvgIpc) is 3.17. The van der Waals surface area contributed by atoms with Gasteiger partial charge in [-0.25, -0.2) is 13.4 Å². The molecule has 2 unspecified atom stereocenters. The SMILES string of the molecule is CC(NC(=O)C1=NN(C2CCS(=O)(=O)C2)C(=O)CC1)c1cccs1. The molecule has 2 atom stereocenters. The van der Waals surface area contributed by atoms with Gasteiger partial charge in [-0.1, -0.05) is 6.07 Å². The number of sulfone groups is 1. The molecule has 1 fully saturated rings. The van der Waals surface area contributed by atoms with Crippen molar-refractivity contribution in [2.45, 2.75) is 38.3 Å². The minimum absolute atomic E-state index is 0.0634. The molecule has 7 nitrogen and oxygen atoms in total. The van der Waals surface area contributed by atoms with E-state index in [2.05, 4.69) is 10.4 Å². The smallest absolute Gasteiger partial charge is 0.268 e. The van der Waals surface area contributed by atoms with E-state index < -0.39 is 15.9 Å². The number of carbonyl (C=O) groups excluding carboxylic acids is 2. The number of hydrazone groups is 1. The van der Waals surface area contributed by atoms with Crippen LogP contribution in [0.5, 0.6) is 0 Å². The number of rotatable bonds is 4. The maximum absolute atomic E-state index is 12.4. The number of thiophene rings is 1. The van der Waals surface area contributed by atoms with Gasteiger partial charge in [0.1, 0.15) is 5.71 Å². The van der Waals surface area contributed by atoms with Gasteiger partial charge in [0, 0.05) is 17.7 Å². The van der Waals surface area contributed by atoms with Gasteiger partial charge in [-0.05, 0) is 24.8 Å². The van der Waals surface area contributed by atoms with Crippen molar-refractivity contribution in [1.82, 2.24) is 10.3 Å². The molecular weight excluding hydrogens is 350 g/mol. The highest BCUT2D eigenvalue weighted by molar-refractivity contribution is 7.91. The van der Waals surface area contributed by atoms with E-state index in [1.165, 1.54) is 5.01 Å². The van der Waals surface area contributed by atoms with Crippen LogP contribution >= 0.6 is 11.3 Å². The normalized spacial score (nSPS) is 24.5. The van der Waals surface area contributed by atoms with Gasteiger partial charge in [0.2, 0.25) is 5.91 Å². The van der Waals surface area contributed by atoms with Crippen molar-refractivity contribution in [1.29, 1.82) is 0 Å². The molecule has 0 saturated carbocycles. The molecule has 0 aromatic carbocycles. The summed E-state index contributed by atoms with van der Waals surface area (Å²) in [6.07, 6.45) is 0.825. The van der Waals surface area contributed by atoms with E-state index in [0.717, 1.165) is 4.88 Å². The predicted molar refractivity (Wildman–Crippen MR) is 91.5 cm³/mol. The van der Waals surface area contributed by atoms with Crippen molar-refractivity contribution in [2.75, 3.05) is 11.5 Å². The summed E-state index contributed by atoms with van der Waals surface area (Å²) in [7, 11) is -3.12. The Morgan fingerprint density at radius 2 is 2.25 bits per heavy atom. The Kier molecular flexibility index (Phi) is 4.73. The predicted octanol–water partition coefficient (Wildman–Crippen LogP) is 1.09. The van der Waals surface area contributed by atoms with Gasteiger partial charge in [-0.15, -0.1) is 11.3 Å². The summed E-state index contributed by atoms with van der Waals surface area (Å²) in [6, 6.07) is 3.26. The molecule has 1 saturated heterocycles. The molecule has 9 heteroatoms. The Balaban J connectivity index is 1.71. The number of nitrogens with zero attached hydrogens (tertiary/aromatic N) is 2. The lowest BCUT2D eigenvalue weighted by molar-refractivity contribution is -0.133. The van der Waals surface area contributed by atoms with Crippen molar-refractivity contribution in [2.24, 2.45) is 5.10 Å². The summed E-state index contributed by atoms with van der Waals surface area (Å²) in [5.74, 6) is -0.550. The van der Waals surface area contributed by atoms with E-state index in [-0.39, 0.29) is 47.9 Å². The maximum Gasteiger partial charge on any atom is 0.268 e. The molecule has 1 N–H and O–H groups in total. The largest absolute Gasteiger partial charge is 0.344 e. The van der Waals surface area contributed by atoms with E-state index in [1.807, 2.05) is 24.4 Å². The number of carbonyl (C=O) groups is 2. The number of nitrogens with one attached hydrogen (secondary N) is 1. The van der Waals surface area contributed by atoms with Gasteiger partial charge in [0.25, 0.3) is 5.91 Å². The Labute approximate surface area is 144 Å². The zero-order valence-electron chi connectivity index (χ0n) is 13.3. The van der Waals surface area contributed by atoms with E-state index in [4.69, 9.17) is 0 Å². The molecule has 2 amide bonds. The first kappa shape index (κ1) is 17.1. The zero-order valence-corrected chi connectivity index (χ0v) is 14.9. The van der Waals surface area contributed by atoms with E-state index in [1.54, 1.807) is 11.3 Å². The van der Waals surface area contributed by atoms with Crippen LogP contribution < -0.4 is 5.32 Å². The number of hydrogen-bond donors (Lipinski definition) is 1. The molecule has 1 aromatic rings. The van der Waals surface area contributed by atoms with Crippen LogP contribution in [-0.4, -0.2) is 48.5 Å². The summed E-state index contributed by atoms with van der Waals surface area (Å²) >= 11 is 1.55. The highest BCUT2D eigenvalue weighted by Crippen LogP contribution is 2.23. The zero-order chi connectivity index (χ0) is 17.3. The Bertz CT molecular complexity index is 771. The minimum atomic E-state index is -3.12. The Hall–Kier alpha value is -1.74. The summed E-state index contributed by atoms with van der Waals surface area (Å²) in [6.45, 7) is 1.89. The van der Waals surface area contributed by atoms with Crippen molar-refractivity contribution >= 4 is 38.7 Å². The minimum Gasteiger partial charge on any atom is -0.344 e. The average molecular weight is 369 g/mol. The first-order chi connectivity index (χ1) is 11.4. The first-order valence-corrected chi connectivity index (χ1v) is 10.5. The second-order valence-electron chi connectivity index (χ2n) is 6.05. The topological polar surface area (TPSA) is 95.9 Å². The molecule has 3 rings (SSSR count). The monoisotopic (exact) mass is 369 g/mol. The van der Waals surface area contributed by atoms with E-state index in [9.17, 15) is 18.0 Å². The second-order valence-corrected chi connectivity index (χ2v) is 9.26. The fraction of sp³-hybridized carbons (Fsp3) is 0.533. The highest BCUT2D eigenvalue weighted by atomic mass is 32.2. The van der Waals surface area contributed by atoms with Crippen molar-refractivity contribution < 1.29 is 18.0 Å². The van der Waals surface area contributed by atoms with Gasteiger partial charge in [0.15, 0.2) is 9.84 Å². The molecule has 2 aliphatic rings. The third-order valence-electron chi connectivity index (χ3n) is 4.19. The summed E-state index contributed by atoms with van der Waals surface area (Å²) in [5, 5.41) is 10.2. The fourth-order valence-electron chi connectivity index (χ4n) is 2.88. The third-order valence-corrected chi connectivity index (χ3v) is 7.00. The van der Waals surface area contributed by atoms with Gasteiger partial charge in [-0.2, -0.15) is 5.10 Å². The van der Waals surface area contributed by atoms with Crippen molar-refractivity contribution in [3.63, 3.8) is 0 Å². The van der Waals surface area contributed by atoms with Gasteiger partial charge >= 0.3 is 0 Å². The van der Waals surface area contributed by atoms with E-state index in [0.29, 0.717) is 6.42 Å². The molecule has 1 aromatic heterocycles. The maximum atomic E-state index is 12.4. The van der Waals surface area contributed by atoms with Gasteiger partial charge < -0.3 is 5.32 Å². The van der Waals surface area contributed by atoms with Crippen molar-refractivity contribution in [3.05, 3.63) is 22.4 Å². The van der Waals surface area contributed by atoms with Gasteiger partial charge in [0.05, 0.1) is 23.6 Å². The summed E-state index contributed by atoms with van der Waals surface area (Å²) in [5.41, 5.74) is 0.280. The van der Waals surface area contributed by atoms with Crippen LogP contribution in [0.1, 0.15) is 37.1 Å². The molecule has 0 spiro atoms. The van der Waals surface area contributed by atoms with Crippen LogP contribution in [0.15, 0.2) is 22.6 Å². The molecule has 0 aliphatic carbocycles. The highest BCUT2D eigenvalue weighted by Gasteiger charge is 2.37. The summed E-state index contributed by atoms with van der Waals surface area (Å²) < 4.78 is 23.2. The second kappa shape index (κ2) is 6.64. The van der Waals surface area contributed by atoms with Crippen LogP contribution in [0.25, 0.3) is 0 Å². The van der Waals surface area contributed by atoms with Crippen LogP contribution in [0, 0.1) is 0 Å². The van der Waals surface area contributed by atoms with Crippen LogP contribution in [0.3, 0.4) is 0 Å². The van der Waals surface area contributed by atoms with E-state index >= 15 is 0 Å². The number of hydrogen-bond acceptors (Lipinski definition) is 6. The molecule has 130 valence electrons. The number of amides is 2. The lowest BCUT2D eigenvalue weighted by atomic mass is 10.1. The summed E-state index contributed by atoms with van der Waals surface area (Å²) in [4.78, 5) is 25.5. The molecular formula is C15H19N3O4S2. The van der Waals surface area contributed by atoms with Gasteiger partial charge in [-0.3, -0.25) is 9.59 Å². The quantitative estimate of drug-likeness (QED) is 0.859. The molecule has 2 aliphatic heterocycles. The Morgan fingerprint density at radius 3 is 2.88 bits per heavy atom. The third kappa shape index (κ3) is 3.67. The van der Waals surface area contributed by atoms with Crippen LogP contribution in [0.2, 0.25) is 0 Å². The fourth-order valence-corrected chi connectivity index (χ4v) is 5.30. The molecule has 0 radical (unpaired) electrons. The van der Waals surface area contributed by atoms with Crippen LogP contribution in [0.4, 0.5) is 0 Å². The Morgan fingerprint density at radius 1 is 1.46 bits per heavy atom. The van der Waals surface area contributed by atoms with Crippen LogP contribution in [-0.2, 0) is 19.4 Å². The molecule has 0 bridgehead atoms. The lowest BCUT2D eigenvalue weighted by Crippen LogP contribution is -2.44. The first-order valence-electron chi connectivity index (χ1n) is 7.80.